The SMILES string of the molecule is C[Si](C)([C@@H]1CO[C@@](C(=O)OC2CCCCC2)(c2ccccc2)C1)[C@H](c1ccccc1)c1cccc2ccccc12. The number of ether oxygens (including phenoxy) is 2. The highest BCUT2D eigenvalue weighted by atomic mass is 28.3. The van der Waals surface area contributed by atoms with E-state index in [1.54, 1.807) is 0 Å². The van der Waals surface area contributed by atoms with Gasteiger partial charge in [0.15, 0.2) is 5.60 Å². The van der Waals surface area contributed by atoms with Crippen molar-refractivity contribution in [1.29, 1.82) is 0 Å². The quantitative estimate of drug-likeness (QED) is 0.171. The summed E-state index contributed by atoms with van der Waals surface area (Å²) in [6.07, 6.45) is 6.06. The Morgan fingerprint density at radius 1 is 0.825 bits per heavy atom. The van der Waals surface area contributed by atoms with Crippen LogP contribution in [-0.2, 0) is 19.9 Å². The molecule has 0 radical (unpaired) electrons. The average molecular weight is 549 g/mol. The molecule has 4 heteroatoms. The van der Waals surface area contributed by atoms with Crippen LogP contribution in [0.1, 0.15) is 60.8 Å². The van der Waals surface area contributed by atoms with Crippen LogP contribution in [0.4, 0.5) is 0 Å². The number of carbonyl (C=O) groups is 1. The molecule has 1 aliphatic carbocycles. The Morgan fingerprint density at radius 3 is 2.23 bits per heavy atom. The third-order valence-corrected chi connectivity index (χ3v) is 14.1. The van der Waals surface area contributed by atoms with Crippen molar-refractivity contribution < 1.29 is 14.3 Å². The molecule has 0 spiro atoms. The molecule has 4 aromatic carbocycles. The lowest BCUT2D eigenvalue weighted by molar-refractivity contribution is -0.175. The number of hydrogen-bond donors (Lipinski definition) is 0. The molecular weight excluding hydrogens is 508 g/mol. The van der Waals surface area contributed by atoms with Crippen LogP contribution >= 0.6 is 0 Å². The van der Waals surface area contributed by atoms with Gasteiger partial charge < -0.3 is 9.47 Å². The fourth-order valence-corrected chi connectivity index (χ4v) is 11.1. The highest BCUT2D eigenvalue weighted by Gasteiger charge is 2.55. The molecule has 1 saturated carbocycles. The van der Waals surface area contributed by atoms with Crippen LogP contribution in [0, 0.1) is 0 Å². The van der Waals surface area contributed by atoms with Crippen molar-refractivity contribution in [2.75, 3.05) is 6.61 Å². The summed E-state index contributed by atoms with van der Waals surface area (Å²) >= 11 is 0. The number of hydrogen-bond acceptors (Lipinski definition) is 3. The van der Waals surface area contributed by atoms with Gasteiger partial charge in [-0.05, 0) is 65.1 Å². The Morgan fingerprint density at radius 2 is 1.48 bits per heavy atom. The van der Waals surface area contributed by atoms with Crippen LogP contribution in [0.25, 0.3) is 10.8 Å². The average Bonchev–Trinajstić information content (AvgIpc) is 3.47. The van der Waals surface area contributed by atoms with Crippen LogP contribution in [0.3, 0.4) is 0 Å². The van der Waals surface area contributed by atoms with Crippen molar-refractivity contribution in [3.8, 4) is 0 Å². The molecule has 0 aromatic heterocycles. The Kier molecular flexibility index (Phi) is 7.65. The Labute approximate surface area is 239 Å². The molecule has 40 heavy (non-hydrogen) atoms. The zero-order valence-corrected chi connectivity index (χ0v) is 24.7. The molecule has 0 unspecified atom stereocenters. The molecule has 2 aliphatic rings. The maximum absolute atomic E-state index is 14.1. The van der Waals surface area contributed by atoms with Crippen LogP contribution in [0.2, 0.25) is 18.6 Å². The minimum Gasteiger partial charge on any atom is -0.460 e. The summed E-state index contributed by atoms with van der Waals surface area (Å²) in [4.78, 5) is 14.1. The molecule has 3 atom stereocenters. The molecule has 0 N–H and O–H groups in total. The van der Waals surface area contributed by atoms with E-state index in [4.69, 9.17) is 9.47 Å². The number of rotatable bonds is 7. The van der Waals surface area contributed by atoms with Gasteiger partial charge in [0.2, 0.25) is 0 Å². The molecule has 1 aliphatic heterocycles. The molecule has 1 saturated heterocycles. The Balaban J connectivity index is 1.39. The monoisotopic (exact) mass is 548 g/mol. The van der Waals surface area contributed by atoms with Gasteiger partial charge in [-0.3, -0.25) is 0 Å². The van der Waals surface area contributed by atoms with Crippen molar-refractivity contribution in [3.63, 3.8) is 0 Å². The van der Waals surface area contributed by atoms with Gasteiger partial charge in [0.05, 0.1) is 8.07 Å². The second-order valence-electron chi connectivity index (χ2n) is 12.3. The van der Waals surface area contributed by atoms with Gasteiger partial charge in [-0.2, -0.15) is 0 Å². The van der Waals surface area contributed by atoms with E-state index in [0.29, 0.717) is 13.0 Å². The summed E-state index contributed by atoms with van der Waals surface area (Å²) in [5.74, 6) is -0.195. The predicted octanol–water partition coefficient (Wildman–Crippen LogP) is 8.78. The van der Waals surface area contributed by atoms with E-state index in [0.717, 1.165) is 31.2 Å². The topological polar surface area (TPSA) is 35.5 Å². The van der Waals surface area contributed by atoms with E-state index in [1.807, 2.05) is 30.3 Å². The molecule has 0 amide bonds. The molecule has 206 valence electrons. The lowest BCUT2D eigenvalue weighted by Gasteiger charge is -2.39. The molecule has 2 fully saturated rings. The van der Waals surface area contributed by atoms with E-state index < -0.39 is 13.7 Å². The van der Waals surface area contributed by atoms with Crippen molar-refractivity contribution in [3.05, 3.63) is 120 Å². The fourth-order valence-electron chi connectivity index (χ4n) is 7.18. The van der Waals surface area contributed by atoms with Crippen LogP contribution in [-0.4, -0.2) is 26.8 Å². The first-order valence-electron chi connectivity index (χ1n) is 14.9. The van der Waals surface area contributed by atoms with Crippen molar-refractivity contribution in [1.82, 2.24) is 0 Å². The van der Waals surface area contributed by atoms with Gasteiger partial charge in [-0.15, -0.1) is 0 Å². The highest BCUT2D eigenvalue weighted by molar-refractivity contribution is 6.81. The van der Waals surface area contributed by atoms with Crippen LogP contribution < -0.4 is 0 Å². The lowest BCUT2D eigenvalue weighted by atomic mass is 9.90. The van der Waals surface area contributed by atoms with Crippen molar-refractivity contribution >= 4 is 24.8 Å². The van der Waals surface area contributed by atoms with Crippen molar-refractivity contribution in [2.45, 2.75) is 74.4 Å². The van der Waals surface area contributed by atoms with Crippen molar-refractivity contribution in [2.24, 2.45) is 0 Å². The normalized spacial score (nSPS) is 22.7. The molecule has 3 nitrogen and oxygen atoms in total. The summed E-state index contributed by atoms with van der Waals surface area (Å²) < 4.78 is 12.9. The first-order chi connectivity index (χ1) is 19.5. The van der Waals surface area contributed by atoms with Crippen LogP contribution in [0.15, 0.2) is 103 Å². The second kappa shape index (κ2) is 11.3. The summed E-state index contributed by atoms with van der Waals surface area (Å²) in [5.41, 5.74) is 3.13. The Hall–Kier alpha value is -3.21. The first-order valence-corrected chi connectivity index (χ1v) is 18.1. The smallest absolute Gasteiger partial charge is 0.343 e. The largest absolute Gasteiger partial charge is 0.460 e. The molecule has 0 bridgehead atoms. The lowest BCUT2D eigenvalue weighted by Crippen LogP contribution is -2.43. The minimum absolute atomic E-state index is 0.00231. The van der Waals surface area contributed by atoms with E-state index in [2.05, 4.69) is 85.9 Å². The summed E-state index contributed by atoms with van der Waals surface area (Å²) in [5, 5.41) is 2.58. The van der Waals surface area contributed by atoms with E-state index in [9.17, 15) is 4.79 Å². The maximum atomic E-state index is 14.1. The summed E-state index contributed by atoms with van der Waals surface area (Å²) in [7, 11) is -2.15. The maximum Gasteiger partial charge on any atom is 0.343 e. The van der Waals surface area contributed by atoms with Gasteiger partial charge in [-0.25, -0.2) is 4.79 Å². The third kappa shape index (κ3) is 5.04. The standard InChI is InChI=1S/C36H40O3Si/c1-40(2,34(28-16-6-3-7-17-28)33-24-14-18-27-15-12-13-23-32(27)33)31-25-36(38-26-31,29-19-8-4-9-20-29)35(37)39-30-21-10-5-11-22-30/h3-4,6-9,12-20,23-24,30-31,34H,5,10-11,21-22,25-26H2,1-2H3/t31-,34+,36+/m0/s1. The third-order valence-electron chi connectivity index (χ3n) is 9.52. The van der Waals surface area contributed by atoms with Gasteiger partial charge in [0.25, 0.3) is 0 Å². The van der Waals surface area contributed by atoms with Gasteiger partial charge >= 0.3 is 5.97 Å². The molecule has 1 heterocycles. The van der Waals surface area contributed by atoms with Gasteiger partial charge in [0, 0.05) is 12.1 Å². The van der Waals surface area contributed by atoms with E-state index in [-0.39, 0.29) is 23.2 Å². The number of esters is 1. The predicted molar refractivity (Wildman–Crippen MR) is 165 cm³/mol. The zero-order chi connectivity index (χ0) is 27.6. The number of benzene rings is 4. The number of fused-ring (bicyclic) bond motifs is 1. The van der Waals surface area contributed by atoms with Gasteiger partial charge in [-0.1, -0.05) is 123 Å². The molecule has 4 aromatic rings. The minimum atomic E-state index is -2.15. The molecule has 6 rings (SSSR count). The summed E-state index contributed by atoms with van der Waals surface area (Å²) in [6.45, 7) is 5.56. The Bertz CT molecular complexity index is 1440. The van der Waals surface area contributed by atoms with E-state index in [1.165, 1.54) is 28.3 Å². The fraction of sp³-hybridized carbons (Fsp3) is 0.361. The number of carbonyl (C=O) groups excluding carboxylic acids is 1. The second-order valence-corrected chi connectivity index (χ2v) is 17.3. The highest BCUT2D eigenvalue weighted by Crippen LogP contribution is 2.52. The van der Waals surface area contributed by atoms with Crippen LogP contribution in [0.5, 0.6) is 0 Å². The summed E-state index contributed by atoms with van der Waals surface area (Å²) in [6, 6.07) is 36.5. The molecular formula is C36H40O3Si. The first kappa shape index (κ1) is 27.0. The van der Waals surface area contributed by atoms with Gasteiger partial charge in [0.1, 0.15) is 6.10 Å². The van der Waals surface area contributed by atoms with E-state index >= 15 is 0 Å². The zero-order valence-electron chi connectivity index (χ0n) is 23.7.